The molecule has 0 aliphatic carbocycles. The van der Waals surface area contributed by atoms with E-state index >= 15 is 0 Å². The summed E-state index contributed by atoms with van der Waals surface area (Å²) in [6.07, 6.45) is -7.76. The molecular weight excluding hydrogens is 625 g/mol. The maximum atomic E-state index is 14.1. The maximum Gasteiger partial charge on any atom is 0.406 e. The first-order chi connectivity index (χ1) is 21.5. The van der Waals surface area contributed by atoms with Crippen molar-refractivity contribution in [1.82, 2.24) is 34.2 Å². The van der Waals surface area contributed by atoms with Gasteiger partial charge in [0.15, 0.2) is 23.6 Å². The average molecular weight is 660 g/mol. The minimum absolute atomic E-state index is 0.0177. The molecule has 9 N–H and O–H groups in total. The predicted octanol–water partition coefficient (Wildman–Crippen LogP) is -3.19. The summed E-state index contributed by atoms with van der Waals surface area (Å²) in [5.74, 6) is -0.220. The molecule has 3 aromatic rings. The van der Waals surface area contributed by atoms with Gasteiger partial charge in [0.25, 0.3) is 5.56 Å². The van der Waals surface area contributed by atoms with Crippen LogP contribution in [0.4, 0.5) is 11.8 Å². The molecule has 0 saturated carbocycles. The number of aliphatic hydroxyl groups excluding tert-OH is 3. The summed E-state index contributed by atoms with van der Waals surface area (Å²) >= 11 is 0. The van der Waals surface area contributed by atoms with Crippen molar-refractivity contribution in [2.75, 3.05) is 52.1 Å². The SMILES string of the molecule is COCCNP(=O)(OC[C@H]1O[C@@H](n2ccc(N)nc2=O)[C@H](O)[C@@H]1O)O[C@H]1[C@@H](OC)[C@H](n2cnc3c(=O)[nH]c(N)nc32)O[C@@H]1CO. The Morgan fingerprint density at radius 1 is 1.09 bits per heavy atom. The van der Waals surface area contributed by atoms with Gasteiger partial charge in [-0.15, -0.1) is 0 Å². The van der Waals surface area contributed by atoms with Crippen LogP contribution >= 0.6 is 7.75 Å². The molecule has 2 aliphatic heterocycles. The van der Waals surface area contributed by atoms with Crippen LogP contribution in [0.2, 0.25) is 0 Å². The van der Waals surface area contributed by atoms with Gasteiger partial charge >= 0.3 is 13.4 Å². The second kappa shape index (κ2) is 13.6. The molecular formula is C23H34N9O12P. The average Bonchev–Trinajstić information content (AvgIpc) is 3.65. The number of nitrogens with two attached hydrogens (primary N) is 2. The van der Waals surface area contributed by atoms with Crippen molar-refractivity contribution < 1.29 is 47.9 Å². The number of fused-ring (bicyclic) bond motifs is 1. The van der Waals surface area contributed by atoms with Crippen LogP contribution in [-0.4, -0.2) is 122 Å². The first kappa shape index (κ1) is 33.0. The number of imidazole rings is 1. The van der Waals surface area contributed by atoms with E-state index in [0.717, 1.165) is 4.57 Å². The number of hydrogen-bond donors (Lipinski definition) is 7. The zero-order valence-corrected chi connectivity index (χ0v) is 24.9. The fourth-order valence-corrected chi connectivity index (χ4v) is 6.54. The number of aliphatic hydroxyl groups is 3. The minimum Gasteiger partial charge on any atom is -0.394 e. The van der Waals surface area contributed by atoms with Crippen LogP contribution in [0.15, 0.2) is 28.2 Å². The summed E-state index contributed by atoms with van der Waals surface area (Å²) in [5.41, 5.74) is 9.86. The number of aromatic nitrogens is 6. The lowest BCUT2D eigenvalue weighted by Crippen LogP contribution is -2.39. The van der Waals surface area contributed by atoms with Gasteiger partial charge in [-0.25, -0.2) is 19.4 Å². The Hall–Kier alpha value is -3.34. The Morgan fingerprint density at radius 3 is 2.53 bits per heavy atom. The van der Waals surface area contributed by atoms with E-state index in [1.165, 1.54) is 37.4 Å². The highest BCUT2D eigenvalue weighted by atomic mass is 31.2. The normalized spacial score (nSPS) is 29.8. The summed E-state index contributed by atoms with van der Waals surface area (Å²) < 4.78 is 50.3. The molecule has 5 rings (SSSR count). The number of anilines is 2. The number of ether oxygens (including phenoxy) is 4. The van der Waals surface area contributed by atoms with Crippen molar-refractivity contribution in [1.29, 1.82) is 0 Å². The summed E-state index contributed by atoms with van der Waals surface area (Å²) in [7, 11) is -1.61. The Bertz CT molecular complexity index is 1650. The lowest BCUT2D eigenvalue weighted by Gasteiger charge is -2.28. The fourth-order valence-electron chi connectivity index (χ4n) is 5.03. The van der Waals surface area contributed by atoms with Crippen molar-refractivity contribution in [2.45, 2.75) is 49.1 Å². The van der Waals surface area contributed by atoms with Gasteiger partial charge in [0.1, 0.15) is 42.4 Å². The Balaban J connectivity index is 1.37. The summed E-state index contributed by atoms with van der Waals surface area (Å²) in [6, 6.07) is 1.31. The Morgan fingerprint density at radius 2 is 1.84 bits per heavy atom. The highest BCUT2D eigenvalue weighted by Gasteiger charge is 2.51. The molecule has 2 aliphatic rings. The number of nitrogens with one attached hydrogen (secondary N) is 2. The molecule has 0 spiro atoms. The third kappa shape index (κ3) is 6.64. The van der Waals surface area contributed by atoms with Gasteiger partial charge < -0.3 is 45.7 Å². The molecule has 2 saturated heterocycles. The molecule has 9 atom stereocenters. The van der Waals surface area contributed by atoms with E-state index in [-0.39, 0.29) is 36.1 Å². The van der Waals surface area contributed by atoms with Gasteiger partial charge in [0.05, 0.1) is 26.1 Å². The van der Waals surface area contributed by atoms with Gasteiger partial charge in [-0.1, -0.05) is 0 Å². The van der Waals surface area contributed by atoms with Crippen molar-refractivity contribution in [3.8, 4) is 0 Å². The summed E-state index contributed by atoms with van der Waals surface area (Å²) in [6.45, 7) is -1.11. The van der Waals surface area contributed by atoms with Crippen molar-refractivity contribution in [3.63, 3.8) is 0 Å². The first-order valence-electron chi connectivity index (χ1n) is 13.5. The van der Waals surface area contributed by atoms with Gasteiger partial charge in [-0.2, -0.15) is 9.97 Å². The van der Waals surface area contributed by atoms with Crippen molar-refractivity contribution >= 4 is 30.7 Å². The monoisotopic (exact) mass is 659 g/mol. The number of H-pyrrole nitrogens is 1. The molecule has 21 nitrogen and oxygen atoms in total. The van der Waals surface area contributed by atoms with Crippen LogP contribution in [0.5, 0.6) is 0 Å². The van der Waals surface area contributed by atoms with E-state index in [0.29, 0.717) is 0 Å². The van der Waals surface area contributed by atoms with Crippen LogP contribution in [-0.2, 0) is 32.6 Å². The topological polar surface area (TPSA) is 296 Å². The van der Waals surface area contributed by atoms with Crippen LogP contribution in [0.1, 0.15) is 12.5 Å². The van der Waals surface area contributed by atoms with Gasteiger partial charge in [-0.3, -0.25) is 28.0 Å². The van der Waals surface area contributed by atoms with Crippen LogP contribution < -0.4 is 27.8 Å². The van der Waals surface area contributed by atoms with Gasteiger partial charge in [0.2, 0.25) is 5.95 Å². The number of nitrogen functional groups attached to an aromatic ring is 2. The van der Waals surface area contributed by atoms with Crippen LogP contribution in [0.25, 0.3) is 11.2 Å². The molecule has 0 radical (unpaired) electrons. The highest BCUT2D eigenvalue weighted by molar-refractivity contribution is 7.51. The Labute approximate surface area is 253 Å². The van der Waals surface area contributed by atoms with E-state index < -0.39 is 81.3 Å². The van der Waals surface area contributed by atoms with E-state index in [4.69, 9.17) is 39.5 Å². The quantitative estimate of drug-likeness (QED) is 0.0702. The zero-order chi connectivity index (χ0) is 32.5. The number of rotatable bonds is 13. The third-order valence-electron chi connectivity index (χ3n) is 7.21. The standard InChI is InChI=1S/C23H34N9O12P/c1-39-6-4-27-45(38,41-8-11-14(34)15(35)20(43-11)31-5-3-12(24)28-23(31)37)44-16-10(7-33)42-21(17(16)40-2)32-9-26-13-18(32)29-22(25)30-19(13)36/h3,5,9-11,14-17,20-21,33-35H,4,6-8H2,1-2H3,(H,27,38)(H2,24,28,37)(H3,25,29,30,36)/t10-,11-,14-,15-,16-,17-,20-,21-,45?/m1/s1. The lowest BCUT2D eigenvalue weighted by atomic mass is 10.1. The summed E-state index contributed by atoms with van der Waals surface area (Å²) in [5, 5.41) is 34.0. The third-order valence-corrected chi connectivity index (χ3v) is 8.83. The molecule has 3 aromatic heterocycles. The molecule has 22 heteroatoms. The second-order valence-corrected chi connectivity index (χ2v) is 11.9. The smallest absolute Gasteiger partial charge is 0.394 e. The zero-order valence-electron chi connectivity index (χ0n) is 24.0. The maximum absolute atomic E-state index is 14.1. The Kier molecular flexibility index (Phi) is 9.96. The molecule has 1 unspecified atom stereocenters. The van der Waals surface area contributed by atoms with E-state index in [9.17, 15) is 29.5 Å². The molecule has 248 valence electrons. The number of hydrogen-bond acceptors (Lipinski definition) is 17. The minimum atomic E-state index is -4.36. The lowest BCUT2D eigenvalue weighted by molar-refractivity contribution is -0.0583. The van der Waals surface area contributed by atoms with Crippen LogP contribution in [0.3, 0.4) is 0 Å². The second-order valence-electron chi connectivity index (χ2n) is 10.1. The van der Waals surface area contributed by atoms with Gasteiger partial charge in [0, 0.05) is 27.0 Å². The van der Waals surface area contributed by atoms with E-state index in [1.807, 2.05) is 0 Å². The van der Waals surface area contributed by atoms with Crippen LogP contribution in [0, 0.1) is 0 Å². The highest BCUT2D eigenvalue weighted by Crippen LogP contribution is 2.50. The molecule has 0 amide bonds. The fraction of sp³-hybridized carbons (Fsp3) is 0.609. The van der Waals surface area contributed by atoms with Gasteiger partial charge in [-0.05, 0) is 6.07 Å². The number of nitrogens with zero attached hydrogens (tertiary/aromatic N) is 5. The molecule has 0 bridgehead atoms. The molecule has 0 aromatic carbocycles. The number of methoxy groups -OCH3 is 2. The first-order valence-corrected chi connectivity index (χ1v) is 15.1. The number of aromatic amines is 1. The molecule has 5 heterocycles. The largest absolute Gasteiger partial charge is 0.406 e. The summed E-state index contributed by atoms with van der Waals surface area (Å²) in [4.78, 5) is 38.7. The predicted molar refractivity (Wildman–Crippen MR) is 151 cm³/mol. The van der Waals surface area contributed by atoms with Crippen molar-refractivity contribution in [3.05, 3.63) is 39.4 Å². The van der Waals surface area contributed by atoms with E-state index in [2.05, 4.69) is 25.0 Å². The molecule has 2 fully saturated rings. The van der Waals surface area contributed by atoms with E-state index in [1.54, 1.807) is 0 Å². The molecule has 45 heavy (non-hydrogen) atoms. The van der Waals surface area contributed by atoms with Crippen molar-refractivity contribution in [2.24, 2.45) is 0 Å².